The van der Waals surface area contributed by atoms with Crippen molar-refractivity contribution in [2.24, 2.45) is 0 Å². The third-order valence-corrected chi connectivity index (χ3v) is 5.52. The van der Waals surface area contributed by atoms with Crippen molar-refractivity contribution in [3.8, 4) is 0 Å². The highest BCUT2D eigenvalue weighted by atomic mass is 16.1. The molecule has 2 aromatic rings. The Balaban J connectivity index is 1.70. The Kier molecular flexibility index (Phi) is 3.02. The number of hydrogen-bond acceptors (Lipinski definition) is 4. The van der Waals surface area contributed by atoms with E-state index in [4.69, 9.17) is 0 Å². The Labute approximate surface area is 139 Å². The first-order valence-corrected chi connectivity index (χ1v) is 9.04. The van der Waals surface area contributed by atoms with Gasteiger partial charge in [-0.25, -0.2) is 9.97 Å². The maximum Gasteiger partial charge on any atom is 0.232 e. The largest absolute Gasteiger partial charge is 0.325 e. The molecule has 5 rings (SSSR count). The van der Waals surface area contributed by atoms with Crippen LogP contribution in [0.4, 0.5) is 0 Å². The van der Waals surface area contributed by atoms with Crippen molar-refractivity contribution >= 4 is 11.6 Å². The topological polar surface area (TPSA) is 69.8 Å². The highest BCUT2D eigenvalue weighted by Crippen LogP contribution is 2.31. The van der Waals surface area contributed by atoms with Crippen LogP contribution >= 0.6 is 0 Å². The summed E-state index contributed by atoms with van der Waals surface area (Å²) < 4.78 is 3.96. The normalized spacial score (nSPS) is 19.8. The lowest BCUT2D eigenvalue weighted by Gasteiger charge is -2.14. The van der Waals surface area contributed by atoms with E-state index in [2.05, 4.69) is 9.97 Å². The second-order valence-electron chi connectivity index (χ2n) is 7.03. The zero-order chi connectivity index (χ0) is 16.3. The van der Waals surface area contributed by atoms with Crippen LogP contribution in [0.1, 0.15) is 82.5 Å². The Morgan fingerprint density at radius 3 is 1.54 bits per heavy atom. The van der Waals surface area contributed by atoms with Gasteiger partial charge in [0.05, 0.1) is 0 Å². The maximum absolute atomic E-state index is 13.1. The molecule has 4 heterocycles. The third kappa shape index (κ3) is 1.82. The molecule has 0 atom stereocenters. The van der Waals surface area contributed by atoms with Crippen LogP contribution in [0.2, 0.25) is 0 Å². The first kappa shape index (κ1) is 14.1. The average Bonchev–Trinajstić information content (AvgIpc) is 2.92. The molecular weight excluding hydrogens is 304 g/mol. The van der Waals surface area contributed by atoms with Crippen LogP contribution in [0.3, 0.4) is 0 Å². The molecule has 0 amide bonds. The molecular formula is C18H20N4O2. The number of carbonyl (C=O) groups is 2. The van der Waals surface area contributed by atoms with Crippen molar-refractivity contribution in [3.63, 3.8) is 0 Å². The number of aryl methyl sites for hydroxylation is 2. The predicted octanol–water partition coefficient (Wildman–Crippen LogP) is 2.31. The van der Waals surface area contributed by atoms with Crippen molar-refractivity contribution in [3.05, 3.63) is 34.4 Å². The lowest BCUT2D eigenvalue weighted by Crippen LogP contribution is -2.25. The highest BCUT2D eigenvalue weighted by molar-refractivity contribution is 6.26. The van der Waals surface area contributed by atoms with E-state index in [9.17, 15) is 9.59 Å². The summed E-state index contributed by atoms with van der Waals surface area (Å²) >= 11 is 0. The fraction of sp³-hybridized carbons (Fsp3) is 0.556. The van der Waals surface area contributed by atoms with Crippen LogP contribution < -0.4 is 0 Å². The number of carbonyl (C=O) groups excluding carboxylic acids is 2. The van der Waals surface area contributed by atoms with Gasteiger partial charge >= 0.3 is 0 Å². The molecule has 24 heavy (non-hydrogen) atoms. The second kappa shape index (κ2) is 5.13. The minimum atomic E-state index is -0.110. The van der Waals surface area contributed by atoms with Crippen LogP contribution in [0.25, 0.3) is 0 Å². The fourth-order valence-corrected chi connectivity index (χ4v) is 4.32. The summed E-state index contributed by atoms with van der Waals surface area (Å²) in [4.78, 5) is 35.4. The van der Waals surface area contributed by atoms with Gasteiger partial charge in [-0.3, -0.25) is 9.59 Å². The molecule has 3 aliphatic rings. The van der Waals surface area contributed by atoms with Crippen LogP contribution in [-0.4, -0.2) is 30.7 Å². The molecule has 0 spiro atoms. The summed E-state index contributed by atoms with van der Waals surface area (Å²) in [6, 6.07) is 0. The maximum atomic E-state index is 13.1. The minimum Gasteiger partial charge on any atom is -0.325 e. The van der Waals surface area contributed by atoms with Crippen LogP contribution in [0, 0.1) is 0 Å². The predicted molar refractivity (Wildman–Crippen MR) is 86.4 cm³/mol. The molecule has 1 aliphatic carbocycles. The lowest BCUT2D eigenvalue weighted by molar-refractivity contribution is 0.0962. The number of imidazole rings is 2. The fourth-order valence-electron chi connectivity index (χ4n) is 4.32. The number of hydrogen-bond donors (Lipinski definition) is 0. The molecule has 0 N–H and O–H groups in total. The van der Waals surface area contributed by atoms with Gasteiger partial charge in [-0.2, -0.15) is 0 Å². The van der Waals surface area contributed by atoms with Gasteiger partial charge in [-0.1, -0.05) is 12.8 Å². The van der Waals surface area contributed by atoms with E-state index in [1.54, 1.807) is 0 Å². The summed E-state index contributed by atoms with van der Waals surface area (Å²) in [6.45, 7) is 1.55. The molecule has 0 aromatic carbocycles. The van der Waals surface area contributed by atoms with Gasteiger partial charge in [0, 0.05) is 25.9 Å². The van der Waals surface area contributed by atoms with E-state index in [1.807, 2.05) is 9.13 Å². The molecule has 0 fully saturated rings. The Morgan fingerprint density at radius 1 is 0.625 bits per heavy atom. The smallest absolute Gasteiger partial charge is 0.232 e. The van der Waals surface area contributed by atoms with E-state index in [1.165, 1.54) is 0 Å². The van der Waals surface area contributed by atoms with E-state index < -0.39 is 0 Å². The number of nitrogens with zero attached hydrogens (tertiary/aromatic N) is 4. The molecule has 6 nitrogen and oxygen atoms in total. The van der Waals surface area contributed by atoms with Crippen LogP contribution in [0.15, 0.2) is 0 Å². The lowest BCUT2D eigenvalue weighted by atomic mass is 9.98. The van der Waals surface area contributed by atoms with Crippen molar-refractivity contribution in [2.75, 3.05) is 0 Å². The quantitative estimate of drug-likeness (QED) is 0.636. The van der Waals surface area contributed by atoms with Gasteiger partial charge in [0.25, 0.3) is 0 Å². The molecule has 0 unspecified atom stereocenters. The van der Waals surface area contributed by atoms with Gasteiger partial charge in [-0.05, 0) is 25.7 Å². The van der Waals surface area contributed by atoms with Gasteiger partial charge in [0.1, 0.15) is 34.4 Å². The molecule has 124 valence electrons. The van der Waals surface area contributed by atoms with Crippen LogP contribution in [-0.2, 0) is 25.9 Å². The van der Waals surface area contributed by atoms with E-state index in [-0.39, 0.29) is 11.6 Å². The van der Waals surface area contributed by atoms with E-state index in [0.29, 0.717) is 22.8 Å². The monoisotopic (exact) mass is 324 g/mol. The van der Waals surface area contributed by atoms with Crippen molar-refractivity contribution in [1.29, 1.82) is 0 Å². The SMILES string of the molecule is O=C1c2nc3n(c2C(=O)c2nc4n(c21)CCCCC4)CCCCC3. The van der Waals surface area contributed by atoms with Crippen molar-refractivity contribution in [2.45, 2.75) is 64.5 Å². The van der Waals surface area contributed by atoms with Gasteiger partial charge in [-0.15, -0.1) is 0 Å². The Hall–Kier alpha value is -2.24. The first-order chi connectivity index (χ1) is 11.8. The first-order valence-electron chi connectivity index (χ1n) is 9.04. The van der Waals surface area contributed by atoms with Gasteiger partial charge in [0.15, 0.2) is 0 Å². The van der Waals surface area contributed by atoms with Gasteiger partial charge in [0.2, 0.25) is 11.6 Å². The number of ketones is 2. The standard InChI is InChI=1S/C18H20N4O2/c23-17-14-16(22-10-6-2-4-8-12(22)20-14)18(24)13-15(17)21-9-5-1-3-7-11(21)19-13/h1-10H2. The molecule has 0 bridgehead atoms. The Morgan fingerprint density at radius 2 is 1.08 bits per heavy atom. The van der Waals surface area contributed by atoms with Crippen molar-refractivity contribution in [1.82, 2.24) is 19.1 Å². The van der Waals surface area contributed by atoms with Crippen molar-refractivity contribution < 1.29 is 9.59 Å². The number of aromatic nitrogens is 4. The minimum absolute atomic E-state index is 0.110. The summed E-state index contributed by atoms with van der Waals surface area (Å²) in [5.74, 6) is 1.56. The summed E-state index contributed by atoms with van der Waals surface area (Å²) in [5, 5.41) is 0. The van der Waals surface area contributed by atoms with Crippen LogP contribution in [0.5, 0.6) is 0 Å². The molecule has 0 radical (unpaired) electrons. The Bertz CT molecular complexity index is 802. The average molecular weight is 324 g/mol. The molecule has 0 saturated heterocycles. The zero-order valence-corrected chi connectivity index (χ0v) is 13.7. The third-order valence-electron chi connectivity index (χ3n) is 5.52. The molecule has 6 heteroatoms. The van der Waals surface area contributed by atoms with E-state index >= 15 is 0 Å². The van der Waals surface area contributed by atoms with E-state index in [0.717, 1.165) is 76.1 Å². The zero-order valence-electron chi connectivity index (χ0n) is 13.7. The number of fused-ring (bicyclic) bond motifs is 6. The summed E-state index contributed by atoms with van der Waals surface area (Å²) in [6.07, 6.45) is 8.18. The molecule has 0 saturated carbocycles. The van der Waals surface area contributed by atoms with Gasteiger partial charge < -0.3 is 9.13 Å². The molecule has 2 aromatic heterocycles. The highest BCUT2D eigenvalue weighted by Gasteiger charge is 2.40. The summed E-state index contributed by atoms with van der Waals surface area (Å²) in [7, 11) is 0. The molecule has 2 aliphatic heterocycles. The second-order valence-corrected chi connectivity index (χ2v) is 7.03. The number of rotatable bonds is 0. The summed E-state index contributed by atoms with van der Waals surface area (Å²) in [5.41, 5.74) is 1.68.